The third kappa shape index (κ3) is 3.64. The fourth-order valence-electron chi connectivity index (χ4n) is 6.81. The molecule has 0 bridgehead atoms. The second-order valence-corrected chi connectivity index (χ2v) is 24.3. The van der Waals surface area contributed by atoms with Crippen LogP contribution in [-0.4, -0.2) is 15.2 Å². The van der Waals surface area contributed by atoms with E-state index in [4.69, 9.17) is 0 Å². The van der Waals surface area contributed by atoms with E-state index in [-0.39, 0.29) is 10.1 Å². The molecule has 2 heteroatoms. The van der Waals surface area contributed by atoms with Crippen LogP contribution in [-0.2, 0) is 0 Å². The van der Waals surface area contributed by atoms with E-state index < -0.39 is 15.2 Å². The Kier molecular flexibility index (Phi) is 6.59. The van der Waals surface area contributed by atoms with Crippen molar-refractivity contribution in [2.75, 3.05) is 0 Å². The van der Waals surface area contributed by atoms with Gasteiger partial charge in [0.25, 0.3) is 0 Å². The highest BCUT2D eigenvalue weighted by Crippen LogP contribution is 2.50. The largest absolute Gasteiger partial charge is 0.126 e. The standard InChI is InChI=1S/C32H38Si2/c1-31(2,3)33(27-19-11-7-12-20-27,28-21-13-8-14-22-28)34(32(4,5)6,29-23-15-9-16-24-29)30-25-17-10-18-26-30/h7-26H,1-6H3. The van der Waals surface area contributed by atoms with Crippen molar-refractivity contribution in [3.63, 3.8) is 0 Å². The van der Waals surface area contributed by atoms with Crippen LogP contribution in [0.5, 0.6) is 0 Å². The molecule has 0 saturated carbocycles. The molecule has 0 nitrogen and oxygen atoms in total. The number of rotatable bonds is 5. The highest BCUT2D eigenvalue weighted by molar-refractivity contribution is 7.61. The predicted molar refractivity (Wildman–Crippen MR) is 155 cm³/mol. The molecule has 0 aliphatic heterocycles. The van der Waals surface area contributed by atoms with Gasteiger partial charge in [-0.25, -0.2) is 0 Å². The van der Waals surface area contributed by atoms with Gasteiger partial charge in [0.05, 0.1) is 0 Å². The first-order valence-corrected chi connectivity index (χ1v) is 17.4. The Balaban J connectivity index is 2.36. The third-order valence-corrected chi connectivity index (χ3v) is 29.4. The molecule has 4 aromatic rings. The maximum atomic E-state index is 2.51. The lowest BCUT2D eigenvalue weighted by Crippen LogP contribution is -2.91. The summed E-state index contributed by atoms with van der Waals surface area (Å²) in [5.41, 5.74) is 0. The highest BCUT2D eigenvalue weighted by Gasteiger charge is 2.68. The average molecular weight is 479 g/mol. The molecule has 0 aliphatic carbocycles. The molecule has 0 aromatic heterocycles. The average Bonchev–Trinajstić information content (AvgIpc) is 2.83. The van der Waals surface area contributed by atoms with Crippen LogP contribution in [0.15, 0.2) is 121 Å². The molecule has 0 amide bonds. The minimum absolute atomic E-state index is 0.0703. The maximum absolute atomic E-state index is 2.51. The number of benzene rings is 4. The normalized spacial score (nSPS) is 13.0. The lowest BCUT2D eigenvalue weighted by atomic mass is 10.2. The molecule has 0 heterocycles. The van der Waals surface area contributed by atoms with Gasteiger partial charge >= 0.3 is 0 Å². The Hall–Kier alpha value is -2.69. The van der Waals surface area contributed by atoms with E-state index in [1.54, 1.807) is 20.7 Å². The van der Waals surface area contributed by atoms with Crippen molar-refractivity contribution in [2.45, 2.75) is 51.6 Å². The first-order chi connectivity index (χ1) is 16.2. The van der Waals surface area contributed by atoms with Crippen LogP contribution >= 0.6 is 0 Å². The van der Waals surface area contributed by atoms with E-state index in [1.807, 2.05) is 0 Å². The van der Waals surface area contributed by atoms with Gasteiger partial charge in [-0.3, -0.25) is 0 Å². The number of hydrogen-bond donors (Lipinski definition) is 0. The fourth-order valence-corrected chi connectivity index (χ4v) is 31.6. The molecule has 0 saturated heterocycles. The van der Waals surface area contributed by atoms with E-state index in [1.165, 1.54) is 0 Å². The molecule has 4 aromatic carbocycles. The zero-order valence-electron chi connectivity index (χ0n) is 21.5. The van der Waals surface area contributed by atoms with Gasteiger partial charge in [0.15, 0.2) is 0 Å². The Bertz CT molecular complexity index is 1010. The summed E-state index contributed by atoms with van der Waals surface area (Å²) in [4.78, 5) is 0. The molecule has 174 valence electrons. The molecular formula is C32H38Si2. The summed E-state index contributed by atoms with van der Waals surface area (Å²) in [6.45, 7) is 15.1. The second-order valence-electron chi connectivity index (χ2n) is 11.5. The molecule has 0 N–H and O–H groups in total. The van der Waals surface area contributed by atoms with Gasteiger partial charge in [-0.1, -0.05) is 184 Å². The van der Waals surface area contributed by atoms with Gasteiger partial charge in [0, 0.05) is 0 Å². The summed E-state index contributed by atoms with van der Waals surface area (Å²) >= 11 is 0. The molecular weight excluding hydrogens is 441 g/mol. The van der Waals surface area contributed by atoms with Crippen LogP contribution in [0.1, 0.15) is 41.5 Å². The van der Waals surface area contributed by atoms with E-state index in [2.05, 4.69) is 163 Å². The van der Waals surface area contributed by atoms with Crippen molar-refractivity contribution in [1.82, 2.24) is 0 Å². The van der Waals surface area contributed by atoms with Gasteiger partial charge in [-0.2, -0.15) is 0 Å². The quantitative estimate of drug-likeness (QED) is 0.300. The summed E-state index contributed by atoms with van der Waals surface area (Å²) in [6, 6.07) is 46.2. The van der Waals surface area contributed by atoms with Gasteiger partial charge in [0.1, 0.15) is 15.2 Å². The number of hydrogen-bond acceptors (Lipinski definition) is 0. The van der Waals surface area contributed by atoms with E-state index >= 15 is 0 Å². The third-order valence-electron chi connectivity index (χ3n) is 7.64. The second kappa shape index (κ2) is 9.16. The minimum atomic E-state index is -2.51. The summed E-state index contributed by atoms with van der Waals surface area (Å²) in [6.07, 6.45) is 0. The van der Waals surface area contributed by atoms with Gasteiger partial charge in [-0.15, -0.1) is 0 Å². The zero-order chi connectivity index (χ0) is 24.5. The topological polar surface area (TPSA) is 0 Å². The van der Waals surface area contributed by atoms with Crippen LogP contribution in [0.4, 0.5) is 0 Å². The monoisotopic (exact) mass is 478 g/mol. The van der Waals surface area contributed by atoms with Crippen molar-refractivity contribution < 1.29 is 0 Å². The van der Waals surface area contributed by atoms with Crippen molar-refractivity contribution >= 4 is 35.9 Å². The molecule has 0 unspecified atom stereocenters. The molecule has 4 rings (SSSR count). The van der Waals surface area contributed by atoms with E-state index in [9.17, 15) is 0 Å². The molecule has 0 fully saturated rings. The van der Waals surface area contributed by atoms with Crippen LogP contribution in [0, 0.1) is 0 Å². The van der Waals surface area contributed by atoms with Crippen molar-refractivity contribution in [3.8, 4) is 0 Å². The van der Waals surface area contributed by atoms with Crippen LogP contribution in [0.3, 0.4) is 0 Å². The lowest BCUT2D eigenvalue weighted by Gasteiger charge is -2.61. The SMILES string of the molecule is CC(C)(C)[Si](c1ccccc1)(c1ccccc1)[Si](c1ccccc1)(c1ccccc1)C(C)(C)C. The summed E-state index contributed by atoms with van der Waals surface area (Å²) in [5.74, 6) is 0. The molecule has 0 atom stereocenters. The summed E-state index contributed by atoms with van der Waals surface area (Å²) in [7, 11) is -5.01. The summed E-state index contributed by atoms with van der Waals surface area (Å²) in [5, 5.41) is 6.32. The van der Waals surface area contributed by atoms with Crippen LogP contribution < -0.4 is 20.7 Å². The van der Waals surface area contributed by atoms with Crippen molar-refractivity contribution in [3.05, 3.63) is 121 Å². The first kappa shape index (κ1) is 24.4. The minimum Gasteiger partial charge on any atom is -0.0628 e. The first-order valence-electron chi connectivity index (χ1n) is 12.4. The fraction of sp³-hybridized carbons (Fsp3) is 0.250. The van der Waals surface area contributed by atoms with Gasteiger partial charge in [-0.05, 0) is 10.1 Å². The van der Waals surface area contributed by atoms with Crippen molar-refractivity contribution in [1.29, 1.82) is 0 Å². The summed E-state index contributed by atoms with van der Waals surface area (Å²) < 4.78 is 0. The Morgan fingerprint density at radius 1 is 0.324 bits per heavy atom. The maximum Gasteiger partial charge on any atom is 0.126 e. The van der Waals surface area contributed by atoms with E-state index in [0.717, 1.165) is 0 Å². The molecule has 34 heavy (non-hydrogen) atoms. The lowest BCUT2D eigenvalue weighted by molar-refractivity contribution is 0.715. The van der Waals surface area contributed by atoms with Crippen LogP contribution in [0.25, 0.3) is 0 Å². The predicted octanol–water partition coefficient (Wildman–Crippen LogP) is 6.19. The molecule has 0 radical (unpaired) electrons. The smallest absolute Gasteiger partial charge is 0.0628 e. The molecule has 0 spiro atoms. The van der Waals surface area contributed by atoms with Crippen LogP contribution in [0.2, 0.25) is 10.1 Å². The highest BCUT2D eigenvalue weighted by atomic mass is 29.3. The zero-order valence-corrected chi connectivity index (χ0v) is 23.5. The van der Waals surface area contributed by atoms with E-state index in [0.29, 0.717) is 0 Å². The Morgan fingerprint density at radius 3 is 0.647 bits per heavy atom. The van der Waals surface area contributed by atoms with Gasteiger partial charge < -0.3 is 0 Å². The van der Waals surface area contributed by atoms with Gasteiger partial charge in [0.2, 0.25) is 0 Å². The van der Waals surface area contributed by atoms with Crippen molar-refractivity contribution in [2.24, 2.45) is 0 Å². The Labute approximate surface area is 208 Å². The molecule has 0 aliphatic rings. The Morgan fingerprint density at radius 2 is 0.500 bits per heavy atom.